The van der Waals surface area contributed by atoms with Crippen molar-refractivity contribution in [2.24, 2.45) is 10.4 Å². The first-order valence-electron chi connectivity index (χ1n) is 10.5. The molecule has 5 rings (SSSR count). The molecule has 164 valence electrons. The van der Waals surface area contributed by atoms with Gasteiger partial charge in [-0.25, -0.2) is 4.98 Å². The summed E-state index contributed by atoms with van der Waals surface area (Å²) in [6, 6.07) is 18.7. The standard InChI is InChI=1S/C25H25N2O2S.Pt/c1-25(2)14-4-3-11-20-23(25)27-24(30-20)17-8-5-9-18(15-17)29-21-13-12-16-7-6-10-19(28)22(16)26-21;/h5-10,12-13,20,23,28H,3-4,11,14H2,1-2H3;/q-1;/t20-,23-;/m1./s1. The van der Waals surface area contributed by atoms with E-state index >= 15 is 0 Å². The van der Waals surface area contributed by atoms with Gasteiger partial charge in [-0.15, -0.1) is 23.8 Å². The van der Waals surface area contributed by atoms with Crippen molar-refractivity contribution < 1.29 is 30.9 Å². The Bertz CT molecular complexity index is 1130. The number of aromatic nitrogens is 1. The minimum absolute atomic E-state index is 0. The number of hydrogen-bond acceptors (Lipinski definition) is 5. The van der Waals surface area contributed by atoms with E-state index in [1.54, 1.807) is 12.1 Å². The van der Waals surface area contributed by atoms with Crippen molar-refractivity contribution in [3.05, 3.63) is 60.2 Å². The molecule has 1 N–H and O–H groups in total. The molecule has 6 heteroatoms. The number of aromatic hydroxyl groups is 1. The number of rotatable bonds is 3. The van der Waals surface area contributed by atoms with Crippen LogP contribution in [0.5, 0.6) is 17.4 Å². The fraction of sp³-hybridized carbons (Fsp3) is 0.360. The fourth-order valence-electron chi connectivity index (χ4n) is 4.46. The third kappa shape index (κ3) is 4.54. The van der Waals surface area contributed by atoms with E-state index in [9.17, 15) is 5.11 Å². The zero-order valence-electron chi connectivity index (χ0n) is 17.6. The maximum absolute atomic E-state index is 10.1. The van der Waals surface area contributed by atoms with Crippen LogP contribution in [-0.4, -0.2) is 26.4 Å². The summed E-state index contributed by atoms with van der Waals surface area (Å²) in [7, 11) is 0. The van der Waals surface area contributed by atoms with Crippen LogP contribution in [0, 0.1) is 11.5 Å². The molecule has 0 amide bonds. The van der Waals surface area contributed by atoms with E-state index in [1.807, 2.05) is 42.1 Å². The number of aliphatic imine (C=N–C) groups is 1. The second-order valence-corrected chi connectivity index (χ2v) is 10.0. The topological polar surface area (TPSA) is 54.7 Å². The molecule has 0 bridgehead atoms. The molecule has 0 radical (unpaired) electrons. The average molecular weight is 613 g/mol. The quantitative estimate of drug-likeness (QED) is 0.350. The van der Waals surface area contributed by atoms with Gasteiger partial charge in [0.1, 0.15) is 11.3 Å². The zero-order chi connectivity index (χ0) is 20.7. The molecule has 2 heterocycles. The van der Waals surface area contributed by atoms with Crippen molar-refractivity contribution in [3.8, 4) is 17.4 Å². The van der Waals surface area contributed by atoms with Gasteiger partial charge in [-0.2, -0.15) is 11.8 Å². The van der Waals surface area contributed by atoms with E-state index in [4.69, 9.17) is 9.73 Å². The molecule has 2 atom stereocenters. The van der Waals surface area contributed by atoms with Crippen LogP contribution in [0.3, 0.4) is 0 Å². The summed E-state index contributed by atoms with van der Waals surface area (Å²) in [4.78, 5) is 9.60. The molecular formula is C25H25N2O2PtS-. The van der Waals surface area contributed by atoms with Crippen LogP contribution < -0.4 is 4.74 Å². The van der Waals surface area contributed by atoms with Gasteiger partial charge in [-0.3, -0.25) is 0 Å². The number of thioether (sulfide) groups is 1. The first kappa shape index (κ1) is 22.4. The number of benzene rings is 2. The van der Waals surface area contributed by atoms with Crippen LogP contribution in [0.4, 0.5) is 0 Å². The minimum Gasteiger partial charge on any atom is -0.506 e. The maximum atomic E-state index is 10.1. The third-order valence-corrected chi connectivity index (χ3v) is 7.46. The molecule has 3 aromatic rings. The Labute approximate surface area is 201 Å². The largest absolute Gasteiger partial charge is 0.506 e. The number of nitrogens with zero attached hydrogens (tertiary/aromatic N) is 2. The molecule has 0 spiro atoms. The summed E-state index contributed by atoms with van der Waals surface area (Å²) in [6.45, 7) is 4.71. The molecule has 4 nitrogen and oxygen atoms in total. The van der Waals surface area contributed by atoms with Crippen LogP contribution in [0.15, 0.2) is 53.5 Å². The number of para-hydroxylation sites is 1. The van der Waals surface area contributed by atoms with Crippen molar-refractivity contribution in [2.45, 2.75) is 50.8 Å². The van der Waals surface area contributed by atoms with Gasteiger partial charge in [0.25, 0.3) is 0 Å². The predicted molar refractivity (Wildman–Crippen MR) is 123 cm³/mol. The predicted octanol–water partition coefficient (Wildman–Crippen LogP) is 6.36. The number of phenolic OH excluding ortho intramolecular Hbond substituents is 1. The van der Waals surface area contributed by atoms with Crippen molar-refractivity contribution in [3.63, 3.8) is 0 Å². The Balaban J connectivity index is 0.00000231. The Hall–Kier alpha value is -1.84. The molecule has 1 aliphatic carbocycles. The van der Waals surface area contributed by atoms with Crippen molar-refractivity contribution in [1.82, 2.24) is 4.98 Å². The number of pyridine rings is 1. The molecule has 1 aromatic heterocycles. The van der Waals surface area contributed by atoms with Crippen molar-refractivity contribution in [2.75, 3.05) is 0 Å². The minimum atomic E-state index is 0. The Morgan fingerprint density at radius 2 is 1.94 bits per heavy atom. The zero-order valence-corrected chi connectivity index (χ0v) is 20.7. The monoisotopic (exact) mass is 612 g/mol. The molecule has 1 saturated carbocycles. The van der Waals surface area contributed by atoms with Gasteiger partial charge in [-0.1, -0.05) is 44.9 Å². The summed E-state index contributed by atoms with van der Waals surface area (Å²) >= 11 is 1.90. The third-order valence-electron chi connectivity index (χ3n) is 6.12. The van der Waals surface area contributed by atoms with Crippen LogP contribution >= 0.6 is 11.8 Å². The van der Waals surface area contributed by atoms with E-state index in [-0.39, 0.29) is 32.2 Å². The van der Waals surface area contributed by atoms with Gasteiger partial charge in [0.2, 0.25) is 5.88 Å². The average Bonchev–Trinajstić information content (AvgIpc) is 3.12. The summed E-state index contributed by atoms with van der Waals surface area (Å²) in [5.74, 6) is 1.18. The van der Waals surface area contributed by atoms with Gasteiger partial charge in [0.05, 0.1) is 6.04 Å². The van der Waals surface area contributed by atoms with Crippen LogP contribution in [0.25, 0.3) is 10.9 Å². The molecule has 0 saturated heterocycles. The number of fused-ring (bicyclic) bond motifs is 2. The SMILES string of the molecule is CC1(C)CCCC[C@H]2SC(c3[c-]c(Oc4ccc5cccc(O)c5n4)ccc3)=N[C@H]21.[Pt]. The fourth-order valence-corrected chi connectivity index (χ4v) is 6.01. The first-order chi connectivity index (χ1) is 14.5. The number of phenols is 1. The van der Waals surface area contributed by atoms with Crippen LogP contribution in [0.1, 0.15) is 45.1 Å². The first-order valence-corrected chi connectivity index (χ1v) is 11.4. The molecule has 2 aliphatic rings. The Morgan fingerprint density at radius 1 is 1.10 bits per heavy atom. The van der Waals surface area contributed by atoms with E-state index in [0.717, 1.165) is 16.0 Å². The molecule has 1 aliphatic heterocycles. The van der Waals surface area contributed by atoms with E-state index in [1.165, 1.54) is 25.7 Å². The molecular weight excluding hydrogens is 587 g/mol. The summed E-state index contributed by atoms with van der Waals surface area (Å²) in [5, 5.41) is 12.6. The van der Waals surface area contributed by atoms with Gasteiger partial charge < -0.3 is 14.8 Å². The second-order valence-electron chi connectivity index (χ2n) is 8.80. The molecule has 31 heavy (non-hydrogen) atoms. The van der Waals surface area contributed by atoms with Crippen molar-refractivity contribution in [1.29, 1.82) is 0 Å². The Morgan fingerprint density at radius 3 is 2.81 bits per heavy atom. The van der Waals surface area contributed by atoms with E-state index < -0.39 is 0 Å². The maximum Gasteiger partial charge on any atom is 0.217 e. The normalized spacial score (nSPS) is 22.2. The smallest absolute Gasteiger partial charge is 0.217 e. The Kier molecular flexibility index (Phi) is 6.46. The second kappa shape index (κ2) is 8.96. The van der Waals surface area contributed by atoms with Crippen LogP contribution in [-0.2, 0) is 21.1 Å². The van der Waals surface area contributed by atoms with E-state index in [2.05, 4.69) is 31.0 Å². The van der Waals surface area contributed by atoms with Crippen molar-refractivity contribution >= 4 is 27.7 Å². The van der Waals surface area contributed by atoms with Crippen LogP contribution in [0.2, 0.25) is 0 Å². The van der Waals surface area contributed by atoms with Gasteiger partial charge in [0, 0.05) is 48.6 Å². The summed E-state index contributed by atoms with van der Waals surface area (Å²) in [6.07, 6.45) is 5.05. The number of hydrogen-bond donors (Lipinski definition) is 1. The van der Waals surface area contributed by atoms with Gasteiger partial charge in [-0.05, 0) is 30.4 Å². The molecule has 2 aromatic carbocycles. The molecule has 0 unspecified atom stereocenters. The van der Waals surface area contributed by atoms with Gasteiger partial charge in [0.15, 0.2) is 0 Å². The van der Waals surface area contributed by atoms with Gasteiger partial charge >= 0.3 is 0 Å². The summed E-state index contributed by atoms with van der Waals surface area (Å²) in [5.41, 5.74) is 1.75. The summed E-state index contributed by atoms with van der Waals surface area (Å²) < 4.78 is 5.98. The molecule has 1 fully saturated rings. The van der Waals surface area contributed by atoms with E-state index in [0.29, 0.717) is 28.4 Å². The number of ether oxygens (including phenoxy) is 1.